The first-order valence-electron chi connectivity index (χ1n) is 7.66. The van der Waals surface area contributed by atoms with Gasteiger partial charge in [-0.2, -0.15) is 0 Å². The van der Waals surface area contributed by atoms with Crippen LogP contribution in [0.5, 0.6) is 0 Å². The van der Waals surface area contributed by atoms with Crippen molar-refractivity contribution in [3.63, 3.8) is 0 Å². The number of amides is 1. The molecule has 1 N–H and O–H groups in total. The van der Waals surface area contributed by atoms with Crippen molar-refractivity contribution in [1.82, 2.24) is 0 Å². The van der Waals surface area contributed by atoms with E-state index in [9.17, 15) is 14.4 Å². The second-order valence-corrected chi connectivity index (χ2v) is 5.88. The van der Waals surface area contributed by atoms with E-state index in [1.54, 1.807) is 30.3 Å². The van der Waals surface area contributed by atoms with E-state index < -0.39 is 12.1 Å². The number of rotatable bonds is 3. The lowest BCUT2D eigenvalue weighted by atomic mass is 9.96. The number of hydrogen-bond donors (Lipinski definition) is 1. The van der Waals surface area contributed by atoms with Gasteiger partial charge in [-0.05, 0) is 49.7 Å². The Balaban J connectivity index is 1.74. The van der Waals surface area contributed by atoms with Crippen LogP contribution in [0.3, 0.4) is 0 Å². The van der Waals surface area contributed by atoms with Crippen molar-refractivity contribution in [3.05, 3.63) is 64.7 Å². The van der Waals surface area contributed by atoms with E-state index in [1.807, 2.05) is 19.1 Å². The third-order valence-corrected chi connectivity index (χ3v) is 3.99. The first-order chi connectivity index (χ1) is 11.4. The van der Waals surface area contributed by atoms with Gasteiger partial charge in [-0.25, -0.2) is 4.79 Å². The van der Waals surface area contributed by atoms with Crippen molar-refractivity contribution in [1.29, 1.82) is 0 Å². The summed E-state index contributed by atoms with van der Waals surface area (Å²) < 4.78 is 5.24. The fourth-order valence-electron chi connectivity index (χ4n) is 2.68. The number of nitrogens with one attached hydrogen (secondary N) is 1. The molecule has 0 spiro atoms. The van der Waals surface area contributed by atoms with Crippen LogP contribution in [0, 0.1) is 6.92 Å². The predicted molar refractivity (Wildman–Crippen MR) is 89.2 cm³/mol. The highest BCUT2D eigenvalue weighted by Gasteiger charge is 2.31. The lowest BCUT2D eigenvalue weighted by molar-refractivity contribution is -0.125. The standard InChI is InChI=1S/C19H17NO4/c1-11-3-8-16-14(9-11)10-17(24-19(16)23)18(22)20-15-6-4-13(5-7-15)12(2)21/h3-9,17H,10H2,1-2H3,(H,20,22). The third kappa shape index (κ3) is 3.20. The first-order valence-corrected chi connectivity index (χ1v) is 7.66. The average molecular weight is 323 g/mol. The summed E-state index contributed by atoms with van der Waals surface area (Å²) in [5.41, 5.74) is 3.48. The first kappa shape index (κ1) is 15.9. The highest BCUT2D eigenvalue weighted by atomic mass is 16.5. The van der Waals surface area contributed by atoms with Crippen LogP contribution in [-0.2, 0) is 16.0 Å². The minimum absolute atomic E-state index is 0.0407. The second-order valence-electron chi connectivity index (χ2n) is 5.88. The number of carbonyl (C=O) groups is 3. The zero-order valence-corrected chi connectivity index (χ0v) is 13.5. The van der Waals surface area contributed by atoms with Gasteiger partial charge in [0.1, 0.15) is 0 Å². The van der Waals surface area contributed by atoms with Crippen molar-refractivity contribution in [2.45, 2.75) is 26.4 Å². The Morgan fingerprint density at radius 1 is 1.12 bits per heavy atom. The molecule has 1 amide bonds. The molecule has 5 heteroatoms. The Kier molecular flexibility index (Phi) is 4.16. The molecule has 1 heterocycles. The van der Waals surface area contributed by atoms with E-state index in [0.717, 1.165) is 11.1 Å². The average Bonchev–Trinajstić information content (AvgIpc) is 2.54. The molecule has 1 unspecified atom stereocenters. The highest BCUT2D eigenvalue weighted by Crippen LogP contribution is 2.23. The van der Waals surface area contributed by atoms with E-state index in [-0.39, 0.29) is 11.7 Å². The van der Waals surface area contributed by atoms with Crippen molar-refractivity contribution < 1.29 is 19.1 Å². The van der Waals surface area contributed by atoms with Crippen LogP contribution in [-0.4, -0.2) is 23.8 Å². The van der Waals surface area contributed by atoms with Crippen molar-refractivity contribution in [2.24, 2.45) is 0 Å². The molecule has 0 saturated carbocycles. The van der Waals surface area contributed by atoms with Crippen molar-refractivity contribution in [3.8, 4) is 0 Å². The minimum atomic E-state index is -0.862. The molecule has 0 radical (unpaired) electrons. The van der Waals surface area contributed by atoms with Crippen LogP contribution in [0.15, 0.2) is 42.5 Å². The van der Waals surface area contributed by atoms with Gasteiger partial charge in [0.05, 0.1) is 5.56 Å². The smallest absolute Gasteiger partial charge is 0.339 e. The second kappa shape index (κ2) is 6.28. The van der Waals surface area contributed by atoms with E-state index in [1.165, 1.54) is 6.92 Å². The Bertz CT molecular complexity index is 824. The molecule has 1 aliphatic heterocycles. The quantitative estimate of drug-likeness (QED) is 0.696. The SMILES string of the molecule is CC(=O)c1ccc(NC(=O)C2Cc3cc(C)ccc3C(=O)O2)cc1. The molecular weight excluding hydrogens is 306 g/mol. The monoisotopic (exact) mass is 323 g/mol. The molecule has 0 aliphatic carbocycles. The number of benzene rings is 2. The van der Waals surface area contributed by atoms with Gasteiger partial charge >= 0.3 is 5.97 Å². The summed E-state index contributed by atoms with van der Waals surface area (Å²) >= 11 is 0. The van der Waals surface area contributed by atoms with Gasteiger partial charge in [-0.1, -0.05) is 17.7 Å². The van der Waals surface area contributed by atoms with Crippen molar-refractivity contribution in [2.75, 3.05) is 5.32 Å². The van der Waals surface area contributed by atoms with Crippen LogP contribution in [0.25, 0.3) is 0 Å². The fraction of sp³-hybridized carbons (Fsp3) is 0.211. The number of carbonyl (C=O) groups excluding carboxylic acids is 3. The number of hydrogen-bond acceptors (Lipinski definition) is 4. The molecule has 0 aromatic heterocycles. The third-order valence-electron chi connectivity index (χ3n) is 3.99. The van der Waals surface area contributed by atoms with E-state index in [0.29, 0.717) is 23.2 Å². The number of ketones is 1. The van der Waals surface area contributed by atoms with Crippen LogP contribution >= 0.6 is 0 Å². The lowest BCUT2D eigenvalue weighted by Crippen LogP contribution is -2.38. The van der Waals surface area contributed by atoms with Gasteiger partial charge in [0.25, 0.3) is 5.91 Å². The zero-order valence-electron chi connectivity index (χ0n) is 13.5. The number of ether oxygens (including phenoxy) is 1. The van der Waals surface area contributed by atoms with E-state index >= 15 is 0 Å². The minimum Gasteiger partial charge on any atom is -0.448 e. The molecule has 0 fully saturated rings. The zero-order chi connectivity index (χ0) is 17.3. The number of anilines is 1. The molecule has 5 nitrogen and oxygen atoms in total. The number of Topliss-reactive ketones (excluding diaryl/α,β-unsaturated/α-hetero) is 1. The Labute approximate surface area is 139 Å². The largest absolute Gasteiger partial charge is 0.448 e. The van der Waals surface area contributed by atoms with Gasteiger partial charge in [0.15, 0.2) is 11.9 Å². The number of cyclic esters (lactones) is 1. The molecule has 1 aliphatic rings. The molecule has 122 valence electrons. The van der Waals surface area contributed by atoms with Crippen LogP contribution in [0.1, 0.15) is 38.8 Å². The topological polar surface area (TPSA) is 72.5 Å². The predicted octanol–water partition coefficient (Wildman–Crippen LogP) is 2.92. The summed E-state index contributed by atoms with van der Waals surface area (Å²) in [5.74, 6) is -0.907. The Morgan fingerprint density at radius 3 is 2.50 bits per heavy atom. The number of aryl methyl sites for hydroxylation is 1. The van der Waals surface area contributed by atoms with Gasteiger partial charge in [0, 0.05) is 17.7 Å². The van der Waals surface area contributed by atoms with Gasteiger partial charge in [0.2, 0.25) is 0 Å². The summed E-state index contributed by atoms with van der Waals surface area (Å²) in [6, 6.07) is 12.1. The molecule has 0 bridgehead atoms. The highest BCUT2D eigenvalue weighted by molar-refractivity contribution is 6.00. The number of fused-ring (bicyclic) bond motifs is 1. The van der Waals surface area contributed by atoms with Crippen LogP contribution in [0.2, 0.25) is 0 Å². The van der Waals surface area contributed by atoms with Gasteiger partial charge in [-0.15, -0.1) is 0 Å². The summed E-state index contributed by atoms with van der Waals surface area (Å²) in [4.78, 5) is 35.7. The molecule has 3 rings (SSSR count). The molecule has 2 aromatic carbocycles. The molecule has 2 aromatic rings. The molecule has 0 saturated heterocycles. The van der Waals surface area contributed by atoms with Crippen LogP contribution in [0.4, 0.5) is 5.69 Å². The Hall–Kier alpha value is -2.95. The Morgan fingerprint density at radius 2 is 1.83 bits per heavy atom. The molecular formula is C19H17NO4. The molecule has 1 atom stereocenters. The summed E-state index contributed by atoms with van der Waals surface area (Å²) in [7, 11) is 0. The van der Waals surface area contributed by atoms with Gasteiger partial charge < -0.3 is 10.1 Å². The van der Waals surface area contributed by atoms with Crippen molar-refractivity contribution >= 4 is 23.3 Å². The van der Waals surface area contributed by atoms with E-state index in [2.05, 4.69) is 5.32 Å². The fourth-order valence-corrected chi connectivity index (χ4v) is 2.68. The number of esters is 1. The maximum atomic E-state index is 12.4. The summed E-state index contributed by atoms with van der Waals surface area (Å²) in [5, 5.41) is 2.72. The summed E-state index contributed by atoms with van der Waals surface area (Å²) in [6.45, 7) is 3.42. The summed E-state index contributed by atoms with van der Waals surface area (Å²) in [6.07, 6.45) is -0.514. The van der Waals surface area contributed by atoms with Crippen LogP contribution < -0.4 is 5.32 Å². The van der Waals surface area contributed by atoms with E-state index in [4.69, 9.17) is 4.74 Å². The van der Waals surface area contributed by atoms with Gasteiger partial charge in [-0.3, -0.25) is 9.59 Å². The lowest BCUT2D eigenvalue weighted by Gasteiger charge is -2.24. The maximum Gasteiger partial charge on any atom is 0.339 e. The normalized spacial score (nSPS) is 16.1. The molecule has 24 heavy (non-hydrogen) atoms. The maximum absolute atomic E-state index is 12.4.